The van der Waals surface area contributed by atoms with Gasteiger partial charge in [0.1, 0.15) is 6.04 Å². The number of carbonyl (C=O) groups is 3. The van der Waals surface area contributed by atoms with Crippen LogP contribution in [0.3, 0.4) is 0 Å². The Bertz CT molecular complexity index is 577. The Morgan fingerprint density at radius 1 is 1.19 bits per heavy atom. The molecule has 0 aromatic rings. The van der Waals surface area contributed by atoms with Crippen molar-refractivity contribution in [3.8, 4) is 0 Å². The molecule has 0 spiro atoms. The van der Waals surface area contributed by atoms with Crippen molar-refractivity contribution in [1.29, 1.82) is 0 Å². The third-order valence-corrected chi connectivity index (χ3v) is 5.39. The molecule has 0 saturated carbocycles. The second-order valence-electron chi connectivity index (χ2n) is 9.59. The molecule has 27 heavy (non-hydrogen) atoms. The molecule has 2 rings (SSSR count). The molecular formula is C19H34N4O4. The van der Waals surface area contributed by atoms with Crippen LogP contribution in [0.2, 0.25) is 0 Å². The SMILES string of the molecule is CC(C)(C)CC(C)(C)[C@@H](NC(=O)O)C(=O)N1CCC(N2CCNC2=O)CC1. The summed E-state index contributed by atoms with van der Waals surface area (Å²) in [7, 11) is 0. The van der Waals surface area contributed by atoms with Crippen LogP contribution in [0, 0.1) is 10.8 Å². The standard InChI is InChI=1S/C19H34N4O4/c1-18(2,3)12-19(4,5)14(21-17(26)27)15(24)22-9-6-13(7-10-22)23-11-8-20-16(23)25/h13-14,21H,6-12H2,1-5H3,(H,20,25)(H,26,27)/t14-/m0/s1. The number of amides is 4. The molecule has 2 aliphatic heterocycles. The Kier molecular flexibility index (Phi) is 6.27. The monoisotopic (exact) mass is 382 g/mol. The van der Waals surface area contributed by atoms with Crippen molar-refractivity contribution in [1.82, 2.24) is 20.4 Å². The maximum Gasteiger partial charge on any atom is 0.405 e. The number of nitrogens with one attached hydrogen (secondary N) is 2. The molecule has 0 radical (unpaired) electrons. The number of hydrogen-bond donors (Lipinski definition) is 3. The van der Waals surface area contributed by atoms with Crippen LogP contribution >= 0.6 is 0 Å². The first-order valence-electron chi connectivity index (χ1n) is 9.73. The first kappa shape index (κ1) is 21.3. The number of rotatable bonds is 5. The van der Waals surface area contributed by atoms with E-state index in [-0.39, 0.29) is 23.4 Å². The number of likely N-dealkylation sites (tertiary alicyclic amines) is 1. The van der Waals surface area contributed by atoms with Crippen molar-refractivity contribution in [3.05, 3.63) is 0 Å². The molecule has 2 heterocycles. The maximum atomic E-state index is 13.2. The van der Waals surface area contributed by atoms with Crippen LogP contribution in [-0.2, 0) is 4.79 Å². The van der Waals surface area contributed by atoms with Gasteiger partial charge in [-0.15, -0.1) is 0 Å². The first-order chi connectivity index (χ1) is 12.4. The van der Waals surface area contributed by atoms with Crippen molar-refractivity contribution in [2.24, 2.45) is 10.8 Å². The van der Waals surface area contributed by atoms with Crippen LogP contribution in [-0.4, -0.2) is 71.2 Å². The molecular weight excluding hydrogens is 348 g/mol. The highest BCUT2D eigenvalue weighted by atomic mass is 16.4. The summed E-state index contributed by atoms with van der Waals surface area (Å²) in [5.74, 6) is -0.170. The predicted molar refractivity (Wildman–Crippen MR) is 103 cm³/mol. The summed E-state index contributed by atoms with van der Waals surface area (Å²) in [6.45, 7) is 12.6. The quantitative estimate of drug-likeness (QED) is 0.678. The number of carboxylic acid groups (broad SMARTS) is 1. The minimum atomic E-state index is -1.18. The maximum absolute atomic E-state index is 13.2. The van der Waals surface area contributed by atoms with E-state index >= 15 is 0 Å². The van der Waals surface area contributed by atoms with E-state index < -0.39 is 17.6 Å². The van der Waals surface area contributed by atoms with Crippen LogP contribution < -0.4 is 10.6 Å². The minimum absolute atomic E-state index is 0.0294. The second-order valence-corrected chi connectivity index (χ2v) is 9.59. The molecule has 2 fully saturated rings. The van der Waals surface area contributed by atoms with Gasteiger partial charge in [0.25, 0.3) is 0 Å². The Morgan fingerprint density at radius 2 is 1.78 bits per heavy atom. The summed E-state index contributed by atoms with van der Waals surface area (Å²) in [6, 6.07) is -0.678. The fourth-order valence-electron chi connectivity index (χ4n) is 4.60. The van der Waals surface area contributed by atoms with E-state index in [1.807, 2.05) is 18.7 Å². The van der Waals surface area contributed by atoms with Gasteiger partial charge in [0.05, 0.1) is 0 Å². The molecule has 8 nitrogen and oxygen atoms in total. The summed E-state index contributed by atoms with van der Waals surface area (Å²) >= 11 is 0. The largest absolute Gasteiger partial charge is 0.465 e. The Balaban J connectivity index is 2.05. The van der Waals surface area contributed by atoms with E-state index in [4.69, 9.17) is 0 Å². The molecule has 0 bridgehead atoms. The summed E-state index contributed by atoms with van der Waals surface area (Å²) in [5.41, 5.74) is -0.544. The molecule has 3 N–H and O–H groups in total. The first-order valence-corrected chi connectivity index (χ1v) is 9.73. The second kappa shape index (κ2) is 7.94. The fourth-order valence-corrected chi connectivity index (χ4v) is 4.60. The molecule has 1 atom stereocenters. The van der Waals surface area contributed by atoms with E-state index in [1.54, 1.807) is 4.90 Å². The smallest absolute Gasteiger partial charge is 0.405 e. The van der Waals surface area contributed by atoms with Crippen molar-refractivity contribution in [3.63, 3.8) is 0 Å². The fraction of sp³-hybridized carbons (Fsp3) is 0.842. The van der Waals surface area contributed by atoms with Gasteiger partial charge >= 0.3 is 12.1 Å². The predicted octanol–water partition coefficient (Wildman–Crippen LogP) is 2.10. The lowest BCUT2D eigenvalue weighted by molar-refractivity contribution is -0.138. The number of nitrogens with zero attached hydrogens (tertiary/aromatic N) is 2. The van der Waals surface area contributed by atoms with Crippen LogP contribution in [0.15, 0.2) is 0 Å². The number of carbonyl (C=O) groups excluding carboxylic acids is 2. The summed E-state index contributed by atoms with van der Waals surface area (Å²) in [4.78, 5) is 39.9. The zero-order chi connectivity index (χ0) is 20.4. The van der Waals surface area contributed by atoms with E-state index in [2.05, 4.69) is 31.4 Å². The molecule has 0 aliphatic carbocycles. The third kappa shape index (κ3) is 5.49. The van der Waals surface area contributed by atoms with Gasteiger partial charge in [-0.05, 0) is 30.1 Å². The zero-order valence-corrected chi connectivity index (χ0v) is 17.2. The molecule has 154 valence electrons. The van der Waals surface area contributed by atoms with Gasteiger partial charge in [-0.2, -0.15) is 0 Å². The normalized spacial score (nSPS) is 20.4. The third-order valence-electron chi connectivity index (χ3n) is 5.39. The van der Waals surface area contributed by atoms with Crippen molar-refractivity contribution < 1.29 is 19.5 Å². The van der Waals surface area contributed by atoms with Crippen LogP contribution in [0.5, 0.6) is 0 Å². The summed E-state index contributed by atoms with van der Waals surface area (Å²) in [6.07, 6.45) is 0.970. The van der Waals surface area contributed by atoms with E-state index in [0.717, 1.165) is 12.8 Å². The molecule has 2 saturated heterocycles. The van der Waals surface area contributed by atoms with Gasteiger partial charge in [-0.25, -0.2) is 9.59 Å². The van der Waals surface area contributed by atoms with Crippen molar-refractivity contribution >= 4 is 18.0 Å². The number of urea groups is 1. The molecule has 8 heteroatoms. The van der Waals surface area contributed by atoms with Crippen LogP contribution in [0.4, 0.5) is 9.59 Å². The van der Waals surface area contributed by atoms with Gasteiger partial charge in [-0.3, -0.25) is 4.79 Å². The average Bonchev–Trinajstić information content (AvgIpc) is 2.95. The summed E-state index contributed by atoms with van der Waals surface area (Å²) < 4.78 is 0. The minimum Gasteiger partial charge on any atom is -0.465 e. The molecule has 0 aromatic carbocycles. The summed E-state index contributed by atoms with van der Waals surface area (Å²) in [5, 5.41) is 14.6. The van der Waals surface area contributed by atoms with Gasteiger partial charge in [0.15, 0.2) is 0 Å². The Morgan fingerprint density at radius 3 is 2.22 bits per heavy atom. The highest BCUT2D eigenvalue weighted by Gasteiger charge is 2.42. The lowest BCUT2D eigenvalue weighted by Crippen LogP contribution is -2.58. The van der Waals surface area contributed by atoms with E-state index in [1.165, 1.54) is 0 Å². The van der Waals surface area contributed by atoms with Gasteiger partial charge in [-0.1, -0.05) is 34.6 Å². The molecule has 4 amide bonds. The van der Waals surface area contributed by atoms with Gasteiger partial charge in [0.2, 0.25) is 5.91 Å². The molecule has 0 aromatic heterocycles. The molecule has 2 aliphatic rings. The highest BCUT2D eigenvalue weighted by Crippen LogP contribution is 2.37. The van der Waals surface area contributed by atoms with E-state index in [9.17, 15) is 19.5 Å². The topological polar surface area (TPSA) is 102 Å². The van der Waals surface area contributed by atoms with Crippen LogP contribution in [0.25, 0.3) is 0 Å². The molecule has 0 unspecified atom stereocenters. The lowest BCUT2D eigenvalue weighted by Gasteiger charge is -2.42. The average molecular weight is 383 g/mol. The van der Waals surface area contributed by atoms with E-state index in [0.29, 0.717) is 32.6 Å². The Labute approximate surface area is 161 Å². The number of hydrogen-bond acceptors (Lipinski definition) is 3. The lowest BCUT2D eigenvalue weighted by atomic mass is 9.71. The van der Waals surface area contributed by atoms with Gasteiger partial charge in [0, 0.05) is 32.2 Å². The highest BCUT2D eigenvalue weighted by molar-refractivity contribution is 5.86. The van der Waals surface area contributed by atoms with Gasteiger partial charge < -0.3 is 25.5 Å². The number of piperidine rings is 1. The van der Waals surface area contributed by atoms with Crippen molar-refractivity contribution in [2.75, 3.05) is 26.2 Å². The van der Waals surface area contributed by atoms with Crippen LogP contribution in [0.1, 0.15) is 53.9 Å². The zero-order valence-electron chi connectivity index (χ0n) is 17.2. The van der Waals surface area contributed by atoms with Crippen molar-refractivity contribution in [2.45, 2.75) is 66.0 Å². The Hall–Kier alpha value is -1.99.